The molecule has 0 spiro atoms. The first kappa shape index (κ1) is 15.7. The molecule has 0 saturated carbocycles. The minimum Gasteiger partial charge on any atom is -0.478 e. The Labute approximate surface area is 126 Å². The van der Waals surface area contributed by atoms with Crippen LogP contribution in [0.25, 0.3) is 0 Å². The molecule has 0 aliphatic carbocycles. The van der Waals surface area contributed by atoms with Crippen molar-refractivity contribution in [1.29, 1.82) is 0 Å². The van der Waals surface area contributed by atoms with E-state index in [-0.39, 0.29) is 21.6 Å². The van der Waals surface area contributed by atoms with Crippen molar-refractivity contribution in [2.24, 2.45) is 0 Å². The third-order valence-corrected chi connectivity index (χ3v) is 4.37. The zero-order chi connectivity index (χ0) is 16.3. The van der Waals surface area contributed by atoms with Gasteiger partial charge in [-0.15, -0.1) is 0 Å². The van der Waals surface area contributed by atoms with Gasteiger partial charge in [-0.2, -0.15) is 0 Å². The summed E-state index contributed by atoms with van der Waals surface area (Å²) >= 11 is 0. The molecule has 0 unspecified atom stereocenters. The van der Waals surface area contributed by atoms with E-state index in [4.69, 9.17) is 10.2 Å². The maximum atomic E-state index is 12.2. The smallest absolute Gasteiger partial charge is 0.335 e. The second kappa shape index (κ2) is 5.98. The fraction of sp³-hybridized carbons (Fsp3) is 0. The molecule has 6 nitrogen and oxygen atoms in total. The molecule has 0 bridgehead atoms. The van der Waals surface area contributed by atoms with Crippen LogP contribution in [0.4, 0.5) is 0 Å². The molecule has 0 aliphatic heterocycles. The molecular weight excluding hydrogens is 308 g/mol. The van der Waals surface area contributed by atoms with Gasteiger partial charge < -0.3 is 10.2 Å². The van der Waals surface area contributed by atoms with E-state index in [1.54, 1.807) is 0 Å². The van der Waals surface area contributed by atoms with Crippen LogP contribution in [0, 0.1) is 5.75 Å². The van der Waals surface area contributed by atoms with Crippen LogP contribution in [0.3, 0.4) is 0 Å². The Bertz CT molecular complexity index is 821. The average molecular weight is 319 g/mol. The summed E-state index contributed by atoms with van der Waals surface area (Å²) in [4.78, 5) is 21.5. The predicted octanol–water partition coefficient (Wildman–Crippen LogP) is 2.07. The number of aromatic carboxylic acids is 2. The van der Waals surface area contributed by atoms with Gasteiger partial charge in [-0.25, -0.2) is 18.0 Å². The van der Waals surface area contributed by atoms with Crippen LogP contribution in [-0.4, -0.2) is 30.6 Å². The molecular formula is C15H11O6S. The summed E-state index contributed by atoms with van der Waals surface area (Å²) < 4.78 is 24.4. The molecule has 2 aromatic carbocycles. The summed E-state index contributed by atoms with van der Waals surface area (Å²) in [6.45, 7) is 0. The number of carboxylic acids is 2. The van der Waals surface area contributed by atoms with Gasteiger partial charge in [0.25, 0.3) is 0 Å². The Kier molecular flexibility index (Phi) is 4.27. The monoisotopic (exact) mass is 319 g/mol. The van der Waals surface area contributed by atoms with E-state index in [0.717, 1.165) is 5.75 Å². The summed E-state index contributed by atoms with van der Waals surface area (Å²) in [6.07, 6.45) is 0. The molecule has 0 atom stereocenters. The molecule has 7 heteroatoms. The lowest BCUT2D eigenvalue weighted by molar-refractivity contribution is 0.0686. The van der Waals surface area contributed by atoms with Crippen LogP contribution in [-0.2, 0) is 9.84 Å². The summed E-state index contributed by atoms with van der Waals surface area (Å²) in [5, 5.41) is 17.7. The van der Waals surface area contributed by atoms with Crippen molar-refractivity contribution < 1.29 is 28.2 Å². The van der Waals surface area contributed by atoms with Crippen LogP contribution in [0.1, 0.15) is 26.3 Å². The lowest BCUT2D eigenvalue weighted by atomic mass is 10.1. The van der Waals surface area contributed by atoms with Crippen molar-refractivity contribution in [2.45, 2.75) is 4.90 Å². The Morgan fingerprint density at radius 3 is 2.00 bits per heavy atom. The van der Waals surface area contributed by atoms with E-state index in [2.05, 4.69) is 0 Å². The van der Waals surface area contributed by atoms with Crippen LogP contribution in [0.5, 0.6) is 0 Å². The quantitative estimate of drug-likeness (QED) is 0.873. The fourth-order valence-corrected chi connectivity index (χ4v) is 2.94. The van der Waals surface area contributed by atoms with Crippen LogP contribution in [0.15, 0.2) is 53.4 Å². The second-order valence-corrected chi connectivity index (χ2v) is 6.22. The zero-order valence-electron chi connectivity index (χ0n) is 11.1. The third-order valence-electron chi connectivity index (χ3n) is 2.85. The summed E-state index contributed by atoms with van der Waals surface area (Å²) in [6, 6.07) is 10.3. The maximum Gasteiger partial charge on any atom is 0.335 e. The highest BCUT2D eigenvalue weighted by Gasteiger charge is 2.17. The Hall–Kier alpha value is -2.67. The first-order chi connectivity index (χ1) is 10.3. The van der Waals surface area contributed by atoms with Gasteiger partial charge in [0, 0.05) is 0 Å². The van der Waals surface area contributed by atoms with Gasteiger partial charge in [-0.3, -0.25) is 0 Å². The highest BCUT2D eigenvalue weighted by Crippen LogP contribution is 2.19. The molecule has 0 heterocycles. The first-order valence-corrected chi connectivity index (χ1v) is 7.61. The molecule has 0 saturated heterocycles. The standard InChI is InChI=1S/C15H11O6S/c16-14(17)11-4-6-13(7-5-11)22(20,21)9-10-2-1-3-12(8-10)15(18)19/h1-9H,(H,16,17)(H,18,19). The van der Waals surface area contributed by atoms with Crippen molar-refractivity contribution in [1.82, 2.24) is 0 Å². The van der Waals surface area contributed by atoms with E-state index in [1.165, 1.54) is 48.5 Å². The van der Waals surface area contributed by atoms with Crippen LogP contribution < -0.4 is 0 Å². The molecule has 113 valence electrons. The SMILES string of the molecule is O=C(O)c1ccc(S(=O)(=O)[CH]c2cccc(C(=O)O)c2)cc1. The van der Waals surface area contributed by atoms with E-state index < -0.39 is 21.8 Å². The zero-order valence-corrected chi connectivity index (χ0v) is 11.9. The van der Waals surface area contributed by atoms with E-state index in [9.17, 15) is 18.0 Å². The summed E-state index contributed by atoms with van der Waals surface area (Å²) in [7, 11) is -3.81. The molecule has 0 amide bonds. The molecule has 2 rings (SSSR count). The van der Waals surface area contributed by atoms with Crippen molar-refractivity contribution in [3.63, 3.8) is 0 Å². The van der Waals surface area contributed by atoms with Gasteiger partial charge in [0.15, 0.2) is 9.84 Å². The molecule has 1 radical (unpaired) electrons. The lowest BCUT2D eigenvalue weighted by Gasteiger charge is -2.05. The van der Waals surface area contributed by atoms with E-state index in [0.29, 0.717) is 0 Å². The van der Waals surface area contributed by atoms with Crippen molar-refractivity contribution in [2.75, 3.05) is 0 Å². The van der Waals surface area contributed by atoms with Crippen LogP contribution in [0.2, 0.25) is 0 Å². The van der Waals surface area contributed by atoms with Gasteiger partial charge in [-0.1, -0.05) is 12.1 Å². The number of hydrogen-bond acceptors (Lipinski definition) is 4. The maximum absolute atomic E-state index is 12.2. The number of hydrogen-bond donors (Lipinski definition) is 2. The van der Waals surface area contributed by atoms with Gasteiger partial charge in [-0.05, 0) is 42.0 Å². The molecule has 2 aromatic rings. The predicted molar refractivity (Wildman–Crippen MR) is 77.4 cm³/mol. The molecule has 0 aromatic heterocycles. The van der Waals surface area contributed by atoms with Crippen molar-refractivity contribution >= 4 is 21.8 Å². The van der Waals surface area contributed by atoms with Gasteiger partial charge in [0.2, 0.25) is 0 Å². The number of benzene rings is 2. The molecule has 22 heavy (non-hydrogen) atoms. The summed E-state index contributed by atoms with van der Waals surface area (Å²) in [5.74, 6) is -1.37. The minimum absolute atomic E-state index is 0.0215. The fourth-order valence-electron chi connectivity index (χ4n) is 1.78. The van der Waals surface area contributed by atoms with Gasteiger partial charge >= 0.3 is 11.9 Å². The summed E-state index contributed by atoms with van der Waals surface area (Å²) in [5.41, 5.74) is 0.180. The molecule has 2 N–H and O–H groups in total. The number of carboxylic acid groups (broad SMARTS) is 2. The number of carbonyl (C=O) groups is 2. The van der Waals surface area contributed by atoms with E-state index in [1.807, 2.05) is 0 Å². The highest BCUT2D eigenvalue weighted by atomic mass is 32.2. The second-order valence-electron chi connectivity index (χ2n) is 4.42. The first-order valence-electron chi connectivity index (χ1n) is 6.06. The highest BCUT2D eigenvalue weighted by molar-refractivity contribution is 7.93. The average Bonchev–Trinajstić information content (AvgIpc) is 2.47. The largest absolute Gasteiger partial charge is 0.478 e. The number of sulfone groups is 1. The van der Waals surface area contributed by atoms with Crippen molar-refractivity contribution in [3.05, 3.63) is 71.0 Å². The van der Waals surface area contributed by atoms with Gasteiger partial charge in [0.05, 0.1) is 16.0 Å². The molecule has 0 aliphatic rings. The third kappa shape index (κ3) is 3.50. The van der Waals surface area contributed by atoms with Gasteiger partial charge in [0.1, 0.15) is 5.75 Å². The Balaban J connectivity index is 2.29. The normalized spacial score (nSPS) is 11.1. The minimum atomic E-state index is -3.81. The lowest BCUT2D eigenvalue weighted by Crippen LogP contribution is -2.05. The molecule has 0 fully saturated rings. The number of rotatable bonds is 5. The van der Waals surface area contributed by atoms with Crippen LogP contribution >= 0.6 is 0 Å². The van der Waals surface area contributed by atoms with Crippen molar-refractivity contribution in [3.8, 4) is 0 Å². The Morgan fingerprint density at radius 2 is 1.45 bits per heavy atom. The van der Waals surface area contributed by atoms with E-state index >= 15 is 0 Å². The topological polar surface area (TPSA) is 109 Å². The Morgan fingerprint density at radius 1 is 0.864 bits per heavy atom.